The van der Waals surface area contributed by atoms with E-state index in [2.05, 4.69) is 0 Å². The number of likely N-dealkylation sites (tertiary alicyclic amines) is 1. The van der Waals surface area contributed by atoms with Gasteiger partial charge in [0.05, 0.1) is 0 Å². The summed E-state index contributed by atoms with van der Waals surface area (Å²) in [5, 5.41) is 8.33. The molecule has 1 fully saturated rings. The highest BCUT2D eigenvalue weighted by Crippen LogP contribution is 2.14. The van der Waals surface area contributed by atoms with Crippen molar-refractivity contribution in [1.29, 1.82) is 0 Å². The molecule has 0 aliphatic carbocycles. The first kappa shape index (κ1) is 10.7. The van der Waals surface area contributed by atoms with Crippen LogP contribution in [0.3, 0.4) is 0 Å². The number of carbonyl (C=O) groups excluding carboxylic acids is 1. The van der Waals surface area contributed by atoms with Gasteiger partial charge in [-0.25, -0.2) is 4.79 Å². The molecule has 78 valence electrons. The SMILES string of the molecule is NCC1CCN(C(=O)C=CC(=O)O)C1. The predicted molar refractivity (Wildman–Crippen MR) is 50.5 cm³/mol. The van der Waals surface area contributed by atoms with Crippen molar-refractivity contribution in [2.24, 2.45) is 11.7 Å². The summed E-state index contributed by atoms with van der Waals surface area (Å²) in [6.45, 7) is 1.89. The van der Waals surface area contributed by atoms with Gasteiger partial charge in [0.25, 0.3) is 0 Å². The Morgan fingerprint density at radius 2 is 2.21 bits per heavy atom. The molecular weight excluding hydrogens is 184 g/mol. The first-order valence-electron chi connectivity index (χ1n) is 4.53. The summed E-state index contributed by atoms with van der Waals surface area (Å²) in [6.07, 6.45) is 2.85. The number of amides is 1. The highest BCUT2D eigenvalue weighted by atomic mass is 16.4. The number of nitrogens with two attached hydrogens (primary N) is 1. The predicted octanol–water partition coefficient (Wildman–Crippen LogP) is -0.566. The van der Waals surface area contributed by atoms with Crippen LogP contribution in [-0.4, -0.2) is 41.5 Å². The number of carboxylic acids is 1. The van der Waals surface area contributed by atoms with Crippen molar-refractivity contribution in [2.45, 2.75) is 6.42 Å². The van der Waals surface area contributed by atoms with Gasteiger partial charge in [0.1, 0.15) is 0 Å². The second-order valence-corrected chi connectivity index (χ2v) is 3.35. The molecule has 1 unspecified atom stereocenters. The van der Waals surface area contributed by atoms with Gasteiger partial charge < -0.3 is 15.7 Å². The topological polar surface area (TPSA) is 83.6 Å². The molecule has 0 aromatic carbocycles. The fourth-order valence-electron chi connectivity index (χ4n) is 1.47. The standard InChI is InChI=1S/C9H14N2O3/c10-5-7-3-4-11(6-7)8(12)1-2-9(13)14/h1-2,7H,3-6,10H2,(H,13,14). The molecule has 1 amide bonds. The summed E-state index contributed by atoms with van der Waals surface area (Å²) in [4.78, 5) is 23.1. The summed E-state index contributed by atoms with van der Waals surface area (Å²) in [6, 6.07) is 0. The van der Waals surface area contributed by atoms with Crippen LogP contribution >= 0.6 is 0 Å². The van der Waals surface area contributed by atoms with Crippen molar-refractivity contribution < 1.29 is 14.7 Å². The molecular formula is C9H14N2O3. The highest BCUT2D eigenvalue weighted by molar-refractivity contribution is 5.94. The molecule has 0 spiro atoms. The molecule has 0 saturated carbocycles. The normalized spacial score (nSPS) is 21.8. The number of aliphatic carboxylic acids is 1. The zero-order valence-corrected chi connectivity index (χ0v) is 7.85. The number of carboxylic acid groups (broad SMARTS) is 1. The number of nitrogens with zero attached hydrogens (tertiary/aromatic N) is 1. The highest BCUT2D eigenvalue weighted by Gasteiger charge is 2.23. The van der Waals surface area contributed by atoms with Crippen molar-refractivity contribution in [2.75, 3.05) is 19.6 Å². The van der Waals surface area contributed by atoms with Crippen LogP contribution in [0.2, 0.25) is 0 Å². The molecule has 1 rings (SSSR count). The fraction of sp³-hybridized carbons (Fsp3) is 0.556. The van der Waals surface area contributed by atoms with Crippen molar-refractivity contribution >= 4 is 11.9 Å². The van der Waals surface area contributed by atoms with E-state index in [0.29, 0.717) is 25.6 Å². The van der Waals surface area contributed by atoms with Gasteiger partial charge in [0, 0.05) is 25.2 Å². The molecule has 1 aliphatic heterocycles. The molecule has 1 aliphatic rings. The molecule has 0 aromatic heterocycles. The zero-order valence-electron chi connectivity index (χ0n) is 7.85. The molecule has 5 heteroatoms. The van der Waals surface area contributed by atoms with E-state index in [-0.39, 0.29) is 5.91 Å². The van der Waals surface area contributed by atoms with Crippen LogP contribution in [0.15, 0.2) is 12.2 Å². The summed E-state index contributed by atoms with van der Waals surface area (Å²) in [5.74, 6) is -0.992. The van der Waals surface area contributed by atoms with Gasteiger partial charge in [-0.1, -0.05) is 0 Å². The molecule has 3 N–H and O–H groups in total. The summed E-state index contributed by atoms with van der Waals surface area (Å²) < 4.78 is 0. The second kappa shape index (κ2) is 4.76. The monoisotopic (exact) mass is 198 g/mol. The minimum Gasteiger partial charge on any atom is -0.478 e. The average Bonchev–Trinajstić information content (AvgIpc) is 2.62. The van der Waals surface area contributed by atoms with Gasteiger partial charge in [-0.2, -0.15) is 0 Å². The molecule has 0 bridgehead atoms. The number of hydrogen-bond donors (Lipinski definition) is 2. The van der Waals surface area contributed by atoms with Crippen molar-refractivity contribution in [3.63, 3.8) is 0 Å². The fourth-order valence-corrected chi connectivity index (χ4v) is 1.47. The Labute approximate surface area is 82.2 Å². The van der Waals surface area contributed by atoms with Gasteiger partial charge in [0.2, 0.25) is 5.91 Å². The van der Waals surface area contributed by atoms with Crippen LogP contribution in [0, 0.1) is 5.92 Å². The molecule has 14 heavy (non-hydrogen) atoms. The molecule has 1 atom stereocenters. The van der Waals surface area contributed by atoms with Crippen LogP contribution in [0.25, 0.3) is 0 Å². The van der Waals surface area contributed by atoms with E-state index >= 15 is 0 Å². The molecule has 0 radical (unpaired) electrons. The maximum absolute atomic E-state index is 11.3. The van der Waals surface area contributed by atoms with E-state index in [9.17, 15) is 9.59 Å². The van der Waals surface area contributed by atoms with Gasteiger partial charge >= 0.3 is 5.97 Å². The Morgan fingerprint density at radius 3 is 2.71 bits per heavy atom. The first-order chi connectivity index (χ1) is 6.63. The third-order valence-corrected chi connectivity index (χ3v) is 2.30. The Kier molecular flexibility index (Phi) is 3.64. The van der Waals surface area contributed by atoms with E-state index in [1.807, 2.05) is 0 Å². The van der Waals surface area contributed by atoms with E-state index in [4.69, 9.17) is 10.8 Å². The number of carbonyl (C=O) groups is 2. The Hall–Kier alpha value is -1.36. The van der Waals surface area contributed by atoms with Crippen molar-refractivity contribution in [3.05, 3.63) is 12.2 Å². The van der Waals surface area contributed by atoms with Crippen molar-refractivity contribution in [1.82, 2.24) is 4.90 Å². The smallest absolute Gasteiger partial charge is 0.328 e. The quantitative estimate of drug-likeness (QED) is 0.595. The van der Waals surface area contributed by atoms with E-state index in [0.717, 1.165) is 18.6 Å². The number of hydrogen-bond acceptors (Lipinski definition) is 3. The first-order valence-corrected chi connectivity index (χ1v) is 4.53. The summed E-state index contributed by atoms with van der Waals surface area (Å²) in [7, 11) is 0. The average molecular weight is 198 g/mol. The third-order valence-electron chi connectivity index (χ3n) is 2.30. The Bertz CT molecular complexity index is 263. The van der Waals surface area contributed by atoms with E-state index < -0.39 is 5.97 Å². The maximum Gasteiger partial charge on any atom is 0.328 e. The third kappa shape index (κ3) is 2.85. The van der Waals surface area contributed by atoms with Crippen LogP contribution in [0.1, 0.15) is 6.42 Å². The van der Waals surface area contributed by atoms with Crippen LogP contribution in [0.4, 0.5) is 0 Å². The Morgan fingerprint density at radius 1 is 1.50 bits per heavy atom. The van der Waals surface area contributed by atoms with Crippen LogP contribution in [0.5, 0.6) is 0 Å². The lowest BCUT2D eigenvalue weighted by Crippen LogP contribution is -2.28. The zero-order chi connectivity index (χ0) is 10.6. The van der Waals surface area contributed by atoms with Crippen LogP contribution < -0.4 is 5.73 Å². The van der Waals surface area contributed by atoms with E-state index in [1.54, 1.807) is 4.90 Å². The number of rotatable bonds is 3. The second-order valence-electron chi connectivity index (χ2n) is 3.35. The largest absolute Gasteiger partial charge is 0.478 e. The van der Waals surface area contributed by atoms with E-state index in [1.165, 1.54) is 0 Å². The van der Waals surface area contributed by atoms with Crippen LogP contribution in [-0.2, 0) is 9.59 Å². The minimum absolute atomic E-state index is 0.247. The summed E-state index contributed by atoms with van der Waals surface area (Å²) >= 11 is 0. The Balaban J connectivity index is 2.43. The molecule has 1 saturated heterocycles. The lowest BCUT2D eigenvalue weighted by molar-refractivity contribution is -0.132. The van der Waals surface area contributed by atoms with Crippen molar-refractivity contribution in [3.8, 4) is 0 Å². The molecule has 0 aromatic rings. The molecule has 5 nitrogen and oxygen atoms in total. The minimum atomic E-state index is -1.10. The van der Waals surface area contributed by atoms with Gasteiger partial charge in [-0.3, -0.25) is 4.79 Å². The van der Waals surface area contributed by atoms with Gasteiger partial charge in [-0.05, 0) is 18.9 Å². The lowest BCUT2D eigenvalue weighted by atomic mass is 10.1. The maximum atomic E-state index is 11.3. The van der Waals surface area contributed by atoms with Gasteiger partial charge in [0.15, 0.2) is 0 Å². The summed E-state index contributed by atoms with van der Waals surface area (Å²) in [5.41, 5.74) is 5.47. The molecule has 1 heterocycles. The van der Waals surface area contributed by atoms with Gasteiger partial charge in [-0.15, -0.1) is 0 Å². The lowest BCUT2D eigenvalue weighted by Gasteiger charge is -2.13.